The van der Waals surface area contributed by atoms with E-state index in [0.29, 0.717) is 32.1 Å². The van der Waals surface area contributed by atoms with E-state index in [-0.39, 0.29) is 5.78 Å². The van der Waals surface area contributed by atoms with Gasteiger partial charge in [0.25, 0.3) is 0 Å². The average molecular weight is 318 g/mol. The summed E-state index contributed by atoms with van der Waals surface area (Å²) in [6, 6.07) is 1.96. The van der Waals surface area contributed by atoms with Crippen LogP contribution in [0.5, 0.6) is 0 Å². The molecule has 0 saturated carbocycles. The van der Waals surface area contributed by atoms with Crippen LogP contribution in [0.2, 0.25) is 0 Å². The maximum absolute atomic E-state index is 11.8. The number of aryl methyl sites for hydroxylation is 2. The molecule has 0 bridgehead atoms. The molecule has 2 rings (SSSR count). The molecule has 110 valence electrons. The highest BCUT2D eigenvalue weighted by molar-refractivity contribution is 6.55. The van der Waals surface area contributed by atoms with E-state index in [2.05, 4.69) is 10.00 Å². The summed E-state index contributed by atoms with van der Waals surface area (Å²) in [6.45, 7) is 6.50. The van der Waals surface area contributed by atoms with Crippen molar-refractivity contribution in [2.45, 2.75) is 18.7 Å². The molecule has 5 nitrogen and oxygen atoms in total. The second-order valence-electron chi connectivity index (χ2n) is 4.64. The van der Waals surface area contributed by atoms with Crippen LogP contribution in [0.4, 0.5) is 0 Å². The summed E-state index contributed by atoms with van der Waals surface area (Å²) in [5, 5.41) is 4.43. The predicted octanol–water partition coefficient (Wildman–Crippen LogP) is 2.00. The van der Waals surface area contributed by atoms with Crippen LogP contribution >= 0.6 is 23.2 Å². The Hall–Kier alpha value is -1.04. The molecule has 7 heteroatoms. The molecule has 0 unspecified atom stereocenters. The first-order chi connectivity index (χ1) is 9.49. The van der Waals surface area contributed by atoms with Gasteiger partial charge in [-0.3, -0.25) is 4.79 Å². The van der Waals surface area contributed by atoms with Gasteiger partial charge >= 0.3 is 0 Å². The van der Waals surface area contributed by atoms with Crippen LogP contribution in [-0.2, 0) is 9.53 Å². The Kier molecular flexibility index (Phi) is 5.07. The molecule has 0 aromatic carbocycles. The van der Waals surface area contributed by atoms with Crippen LogP contribution in [0.15, 0.2) is 12.1 Å². The molecule has 1 aliphatic rings. The number of morpholine rings is 1. The molecule has 1 aromatic rings. The summed E-state index contributed by atoms with van der Waals surface area (Å²) < 4.78 is 7.08. The highest BCUT2D eigenvalue weighted by Gasteiger charge is 2.20. The first kappa shape index (κ1) is 15.4. The van der Waals surface area contributed by atoms with Crippen molar-refractivity contribution in [3.8, 4) is 0 Å². The molecule has 0 N–H and O–H groups in total. The number of carbonyl (C=O) groups is 1. The number of allylic oxidation sites excluding steroid dienone is 1. The van der Waals surface area contributed by atoms with E-state index in [4.69, 9.17) is 27.9 Å². The lowest BCUT2D eigenvalue weighted by Gasteiger charge is -2.31. The standard InChI is InChI=1S/C13H17Cl2N3O2/c1-9-7-10(2)18(16-9)12(8-11(19)13(14)15)17-3-5-20-6-4-17/h7-8,13H,3-6H2,1-2H3/b12-8+. The van der Waals surface area contributed by atoms with E-state index in [1.165, 1.54) is 6.08 Å². The van der Waals surface area contributed by atoms with Crippen molar-refractivity contribution in [1.29, 1.82) is 0 Å². The van der Waals surface area contributed by atoms with E-state index in [0.717, 1.165) is 11.4 Å². The number of hydrogen-bond acceptors (Lipinski definition) is 4. The lowest BCUT2D eigenvalue weighted by molar-refractivity contribution is -0.113. The van der Waals surface area contributed by atoms with Crippen molar-refractivity contribution >= 4 is 34.8 Å². The van der Waals surface area contributed by atoms with Gasteiger partial charge in [-0.05, 0) is 19.9 Å². The Morgan fingerprint density at radius 3 is 2.55 bits per heavy atom. The number of ether oxygens (including phenoxy) is 1. The van der Waals surface area contributed by atoms with Gasteiger partial charge in [0.2, 0.25) is 0 Å². The molecule has 0 radical (unpaired) electrons. The smallest absolute Gasteiger partial charge is 0.192 e. The molecular formula is C13H17Cl2N3O2. The van der Waals surface area contributed by atoms with E-state index in [1.54, 1.807) is 4.68 Å². The molecule has 1 aromatic heterocycles. The minimum absolute atomic E-state index is 0.345. The van der Waals surface area contributed by atoms with Crippen LogP contribution in [0.3, 0.4) is 0 Å². The van der Waals surface area contributed by atoms with Gasteiger partial charge in [-0.25, -0.2) is 4.68 Å². The van der Waals surface area contributed by atoms with Crippen LogP contribution in [-0.4, -0.2) is 51.6 Å². The summed E-state index contributed by atoms with van der Waals surface area (Å²) in [7, 11) is 0. The second kappa shape index (κ2) is 6.61. The molecule has 0 spiro atoms. The van der Waals surface area contributed by atoms with Crippen molar-refractivity contribution in [3.05, 3.63) is 23.5 Å². The van der Waals surface area contributed by atoms with Gasteiger partial charge in [-0.1, -0.05) is 23.2 Å². The number of rotatable bonds is 4. The van der Waals surface area contributed by atoms with E-state index < -0.39 is 4.84 Å². The molecule has 20 heavy (non-hydrogen) atoms. The molecule has 1 aliphatic heterocycles. The number of ketones is 1. The van der Waals surface area contributed by atoms with Gasteiger partial charge in [-0.2, -0.15) is 5.10 Å². The Balaban J connectivity index is 2.38. The average Bonchev–Trinajstić information content (AvgIpc) is 2.75. The number of carbonyl (C=O) groups excluding carboxylic acids is 1. The minimum atomic E-state index is -1.07. The maximum atomic E-state index is 11.8. The van der Waals surface area contributed by atoms with Crippen molar-refractivity contribution in [3.63, 3.8) is 0 Å². The molecule has 2 heterocycles. The summed E-state index contributed by atoms with van der Waals surface area (Å²) >= 11 is 11.3. The Bertz CT molecular complexity index is 520. The number of aromatic nitrogens is 2. The number of hydrogen-bond donors (Lipinski definition) is 0. The third-order valence-corrected chi connectivity index (χ3v) is 3.48. The van der Waals surface area contributed by atoms with Gasteiger partial charge in [0.15, 0.2) is 10.6 Å². The summed E-state index contributed by atoms with van der Waals surface area (Å²) in [4.78, 5) is 12.8. The lowest BCUT2D eigenvalue weighted by Crippen LogP contribution is -2.37. The molecule has 0 atom stereocenters. The Morgan fingerprint density at radius 1 is 1.40 bits per heavy atom. The molecular weight excluding hydrogens is 301 g/mol. The third-order valence-electron chi connectivity index (χ3n) is 3.05. The number of halogens is 2. The third kappa shape index (κ3) is 3.53. The lowest BCUT2D eigenvalue weighted by atomic mass is 10.3. The summed E-state index contributed by atoms with van der Waals surface area (Å²) in [5.41, 5.74) is 1.84. The number of nitrogens with zero attached hydrogens (tertiary/aromatic N) is 3. The highest BCUT2D eigenvalue weighted by atomic mass is 35.5. The topological polar surface area (TPSA) is 47.4 Å². The SMILES string of the molecule is Cc1cc(C)n(/C(=C/C(=O)C(Cl)Cl)N2CCOCC2)n1. The monoisotopic (exact) mass is 317 g/mol. The Labute approximate surface area is 128 Å². The van der Waals surface area contributed by atoms with Crippen molar-refractivity contribution in [2.75, 3.05) is 26.3 Å². The van der Waals surface area contributed by atoms with Gasteiger partial charge in [0.1, 0.15) is 5.82 Å². The van der Waals surface area contributed by atoms with Crippen LogP contribution in [0.25, 0.3) is 5.82 Å². The van der Waals surface area contributed by atoms with Crippen LogP contribution in [0, 0.1) is 13.8 Å². The van der Waals surface area contributed by atoms with Gasteiger partial charge in [0, 0.05) is 24.9 Å². The largest absolute Gasteiger partial charge is 0.378 e. The fraction of sp³-hybridized carbons (Fsp3) is 0.538. The minimum Gasteiger partial charge on any atom is -0.378 e. The van der Waals surface area contributed by atoms with Crippen LogP contribution < -0.4 is 0 Å². The first-order valence-electron chi connectivity index (χ1n) is 6.39. The van der Waals surface area contributed by atoms with E-state index >= 15 is 0 Å². The van der Waals surface area contributed by atoms with E-state index in [9.17, 15) is 4.79 Å². The number of alkyl halides is 2. The Morgan fingerprint density at radius 2 is 2.05 bits per heavy atom. The zero-order valence-electron chi connectivity index (χ0n) is 11.5. The summed E-state index contributed by atoms with van der Waals surface area (Å²) in [6.07, 6.45) is 1.45. The molecule has 0 amide bonds. The van der Waals surface area contributed by atoms with Crippen molar-refractivity contribution in [2.24, 2.45) is 0 Å². The zero-order valence-corrected chi connectivity index (χ0v) is 13.0. The van der Waals surface area contributed by atoms with Gasteiger partial charge < -0.3 is 9.64 Å². The highest BCUT2D eigenvalue weighted by Crippen LogP contribution is 2.18. The van der Waals surface area contributed by atoms with Crippen LogP contribution in [0.1, 0.15) is 11.4 Å². The van der Waals surface area contributed by atoms with Gasteiger partial charge in [0.05, 0.1) is 18.9 Å². The zero-order chi connectivity index (χ0) is 14.7. The summed E-state index contributed by atoms with van der Waals surface area (Å²) in [5.74, 6) is 0.345. The second-order valence-corrected chi connectivity index (χ2v) is 5.74. The van der Waals surface area contributed by atoms with Crippen molar-refractivity contribution in [1.82, 2.24) is 14.7 Å². The fourth-order valence-corrected chi connectivity index (χ4v) is 2.26. The quantitative estimate of drug-likeness (QED) is 0.629. The normalized spacial score (nSPS) is 16.9. The van der Waals surface area contributed by atoms with Gasteiger partial charge in [-0.15, -0.1) is 0 Å². The molecule has 0 aliphatic carbocycles. The van der Waals surface area contributed by atoms with Crippen molar-refractivity contribution < 1.29 is 9.53 Å². The maximum Gasteiger partial charge on any atom is 0.192 e. The fourth-order valence-electron chi connectivity index (χ4n) is 2.13. The first-order valence-corrected chi connectivity index (χ1v) is 7.26. The van der Waals surface area contributed by atoms with E-state index in [1.807, 2.05) is 19.9 Å². The predicted molar refractivity (Wildman–Crippen MR) is 78.9 cm³/mol. The molecule has 1 fully saturated rings. The molecule has 1 saturated heterocycles.